The zero-order valence-electron chi connectivity index (χ0n) is 10.6. The summed E-state index contributed by atoms with van der Waals surface area (Å²) in [4.78, 5) is 2.99. The Morgan fingerprint density at radius 3 is 2.69 bits per heavy atom. The number of hydrogen-bond acceptors (Lipinski definition) is 3. The first-order chi connectivity index (χ1) is 7.52. The van der Waals surface area contributed by atoms with Gasteiger partial charge in [-0.05, 0) is 26.3 Å². The van der Waals surface area contributed by atoms with E-state index >= 15 is 0 Å². The van der Waals surface area contributed by atoms with Crippen LogP contribution < -0.4 is 5.73 Å². The standard InChI is InChI=1S/C12H24N2OS/c1-4-14(7-9(2)12(13)16)8-11-6-5-10(3)15-11/h9-11H,4-8H2,1-3H3,(H2,13,16). The molecule has 94 valence electrons. The number of rotatable bonds is 6. The monoisotopic (exact) mass is 244 g/mol. The molecule has 1 rings (SSSR count). The number of hydrogen-bond donors (Lipinski definition) is 1. The SMILES string of the molecule is CCN(CC1CCC(C)O1)CC(C)C(N)=S. The van der Waals surface area contributed by atoms with E-state index in [9.17, 15) is 0 Å². The van der Waals surface area contributed by atoms with Gasteiger partial charge in [-0.25, -0.2) is 0 Å². The summed E-state index contributed by atoms with van der Waals surface area (Å²) in [5.41, 5.74) is 5.64. The predicted octanol–water partition coefficient (Wildman–Crippen LogP) is 1.80. The minimum absolute atomic E-state index is 0.286. The van der Waals surface area contributed by atoms with E-state index in [-0.39, 0.29) is 5.92 Å². The van der Waals surface area contributed by atoms with Crippen molar-refractivity contribution in [2.24, 2.45) is 11.7 Å². The van der Waals surface area contributed by atoms with E-state index in [0.29, 0.717) is 17.2 Å². The van der Waals surface area contributed by atoms with Gasteiger partial charge in [0.25, 0.3) is 0 Å². The summed E-state index contributed by atoms with van der Waals surface area (Å²) in [7, 11) is 0. The Morgan fingerprint density at radius 1 is 1.56 bits per heavy atom. The van der Waals surface area contributed by atoms with Crippen molar-refractivity contribution < 1.29 is 4.74 Å². The van der Waals surface area contributed by atoms with E-state index in [2.05, 4.69) is 25.7 Å². The van der Waals surface area contributed by atoms with Gasteiger partial charge in [-0.15, -0.1) is 0 Å². The summed E-state index contributed by atoms with van der Waals surface area (Å²) >= 11 is 5.01. The van der Waals surface area contributed by atoms with Gasteiger partial charge in [0.2, 0.25) is 0 Å². The maximum Gasteiger partial charge on any atom is 0.0768 e. The molecule has 3 atom stereocenters. The number of nitrogens with zero attached hydrogens (tertiary/aromatic N) is 1. The molecule has 0 radical (unpaired) electrons. The molecule has 0 spiro atoms. The van der Waals surface area contributed by atoms with Crippen LogP contribution >= 0.6 is 12.2 Å². The van der Waals surface area contributed by atoms with Crippen molar-refractivity contribution in [3.05, 3.63) is 0 Å². The highest BCUT2D eigenvalue weighted by atomic mass is 32.1. The second kappa shape index (κ2) is 6.52. The van der Waals surface area contributed by atoms with Gasteiger partial charge in [-0.3, -0.25) is 0 Å². The van der Waals surface area contributed by atoms with Crippen LogP contribution in [-0.4, -0.2) is 41.7 Å². The molecule has 0 aromatic heterocycles. The molecule has 1 aliphatic heterocycles. The van der Waals surface area contributed by atoms with Crippen molar-refractivity contribution in [3.63, 3.8) is 0 Å². The topological polar surface area (TPSA) is 38.5 Å². The van der Waals surface area contributed by atoms with E-state index in [1.54, 1.807) is 0 Å². The fourth-order valence-corrected chi connectivity index (χ4v) is 2.19. The Kier molecular flexibility index (Phi) is 5.66. The lowest BCUT2D eigenvalue weighted by atomic mass is 10.1. The molecule has 0 amide bonds. The highest BCUT2D eigenvalue weighted by Crippen LogP contribution is 2.20. The number of thiocarbonyl (C=S) groups is 1. The largest absolute Gasteiger partial charge is 0.393 e. The van der Waals surface area contributed by atoms with Crippen LogP contribution in [0.5, 0.6) is 0 Å². The molecule has 3 nitrogen and oxygen atoms in total. The maximum absolute atomic E-state index is 5.83. The third kappa shape index (κ3) is 4.36. The van der Waals surface area contributed by atoms with Crippen LogP contribution in [0.2, 0.25) is 0 Å². The fourth-order valence-electron chi connectivity index (χ4n) is 2.12. The van der Waals surface area contributed by atoms with Crippen LogP contribution in [0.15, 0.2) is 0 Å². The molecule has 0 aliphatic carbocycles. The molecule has 1 saturated heterocycles. The Labute approximate surface area is 104 Å². The van der Waals surface area contributed by atoms with Gasteiger partial charge in [-0.2, -0.15) is 0 Å². The van der Waals surface area contributed by atoms with Crippen LogP contribution in [0.1, 0.15) is 33.6 Å². The van der Waals surface area contributed by atoms with Gasteiger partial charge < -0.3 is 15.4 Å². The molecule has 0 aromatic carbocycles. The van der Waals surface area contributed by atoms with Gasteiger partial charge in [0.15, 0.2) is 0 Å². The first kappa shape index (κ1) is 13.9. The Bertz CT molecular complexity index is 235. The molecular weight excluding hydrogens is 220 g/mol. The van der Waals surface area contributed by atoms with E-state index < -0.39 is 0 Å². The summed E-state index contributed by atoms with van der Waals surface area (Å²) in [6, 6.07) is 0. The van der Waals surface area contributed by atoms with Crippen molar-refractivity contribution in [1.82, 2.24) is 4.90 Å². The molecule has 1 heterocycles. The van der Waals surface area contributed by atoms with E-state index in [0.717, 1.165) is 19.6 Å². The smallest absolute Gasteiger partial charge is 0.0768 e. The van der Waals surface area contributed by atoms with Crippen molar-refractivity contribution in [1.29, 1.82) is 0 Å². The lowest BCUT2D eigenvalue weighted by Gasteiger charge is -2.26. The molecule has 16 heavy (non-hydrogen) atoms. The normalized spacial score (nSPS) is 27.2. The first-order valence-electron chi connectivity index (χ1n) is 6.20. The van der Waals surface area contributed by atoms with Crippen LogP contribution in [0.3, 0.4) is 0 Å². The van der Waals surface area contributed by atoms with E-state index in [1.807, 2.05) is 0 Å². The molecule has 0 bridgehead atoms. The first-order valence-corrected chi connectivity index (χ1v) is 6.60. The lowest BCUT2D eigenvalue weighted by molar-refractivity contribution is 0.0313. The second-order valence-electron chi connectivity index (χ2n) is 4.80. The zero-order chi connectivity index (χ0) is 12.1. The van der Waals surface area contributed by atoms with Gasteiger partial charge in [0.1, 0.15) is 0 Å². The molecular formula is C12H24N2OS. The summed E-state index contributed by atoms with van der Waals surface area (Å²) < 4.78 is 5.83. The Morgan fingerprint density at radius 2 is 2.25 bits per heavy atom. The van der Waals surface area contributed by atoms with Gasteiger partial charge >= 0.3 is 0 Å². The molecule has 1 fully saturated rings. The average molecular weight is 244 g/mol. The van der Waals surface area contributed by atoms with Gasteiger partial charge in [0, 0.05) is 19.0 Å². The summed E-state index contributed by atoms with van der Waals surface area (Å²) in [5.74, 6) is 0.286. The highest BCUT2D eigenvalue weighted by Gasteiger charge is 2.24. The van der Waals surface area contributed by atoms with Crippen molar-refractivity contribution in [2.75, 3.05) is 19.6 Å². The summed E-state index contributed by atoms with van der Waals surface area (Å²) in [6.45, 7) is 9.39. The van der Waals surface area contributed by atoms with E-state index in [4.69, 9.17) is 22.7 Å². The zero-order valence-corrected chi connectivity index (χ0v) is 11.4. The predicted molar refractivity (Wildman–Crippen MR) is 71.6 cm³/mol. The maximum atomic E-state index is 5.83. The molecule has 0 aromatic rings. The highest BCUT2D eigenvalue weighted by molar-refractivity contribution is 7.80. The fraction of sp³-hybridized carbons (Fsp3) is 0.917. The quantitative estimate of drug-likeness (QED) is 0.723. The summed E-state index contributed by atoms with van der Waals surface area (Å²) in [5, 5.41) is 0. The van der Waals surface area contributed by atoms with Gasteiger partial charge in [-0.1, -0.05) is 26.1 Å². The van der Waals surface area contributed by atoms with Gasteiger partial charge in [0.05, 0.1) is 17.2 Å². The van der Waals surface area contributed by atoms with Crippen LogP contribution in [-0.2, 0) is 4.74 Å². The third-order valence-corrected chi connectivity index (χ3v) is 3.65. The Hall–Kier alpha value is -0.190. The molecule has 2 N–H and O–H groups in total. The second-order valence-corrected chi connectivity index (χ2v) is 5.27. The average Bonchev–Trinajstić information content (AvgIpc) is 2.62. The third-order valence-electron chi connectivity index (χ3n) is 3.25. The van der Waals surface area contributed by atoms with Crippen molar-refractivity contribution in [3.8, 4) is 0 Å². The number of likely N-dealkylation sites (N-methyl/N-ethyl adjacent to an activating group) is 1. The van der Waals surface area contributed by atoms with Crippen LogP contribution in [0, 0.1) is 5.92 Å². The summed E-state index contributed by atoms with van der Waals surface area (Å²) in [6.07, 6.45) is 3.19. The van der Waals surface area contributed by atoms with Crippen LogP contribution in [0.4, 0.5) is 0 Å². The number of nitrogens with two attached hydrogens (primary N) is 1. The number of ether oxygens (including phenoxy) is 1. The minimum Gasteiger partial charge on any atom is -0.393 e. The van der Waals surface area contributed by atoms with Crippen LogP contribution in [0.25, 0.3) is 0 Å². The van der Waals surface area contributed by atoms with E-state index in [1.165, 1.54) is 12.8 Å². The molecule has 1 aliphatic rings. The minimum atomic E-state index is 0.286. The molecule has 3 unspecified atom stereocenters. The van der Waals surface area contributed by atoms with Crippen molar-refractivity contribution >= 4 is 17.2 Å². The molecule has 0 saturated carbocycles. The van der Waals surface area contributed by atoms with Crippen molar-refractivity contribution in [2.45, 2.75) is 45.8 Å². The Balaban J connectivity index is 2.34. The lowest BCUT2D eigenvalue weighted by Crippen LogP contribution is -2.38. The molecule has 4 heteroatoms.